The Kier molecular flexibility index (Phi) is 2.45. The molecule has 1 aromatic rings. The lowest BCUT2D eigenvalue weighted by Crippen LogP contribution is -2.08. The topological polar surface area (TPSA) is 22.1 Å². The van der Waals surface area contributed by atoms with Crippen molar-refractivity contribution in [1.82, 2.24) is 4.98 Å². The van der Waals surface area contributed by atoms with Crippen molar-refractivity contribution >= 4 is 0 Å². The van der Waals surface area contributed by atoms with Crippen LogP contribution >= 0.6 is 0 Å². The molecule has 2 nitrogen and oxygen atoms in total. The number of nitrogens with zero attached hydrogens (tertiary/aromatic N) is 1. The number of rotatable bonds is 1. The van der Waals surface area contributed by atoms with E-state index in [9.17, 15) is 13.2 Å². The van der Waals surface area contributed by atoms with E-state index in [4.69, 9.17) is 0 Å². The highest BCUT2D eigenvalue weighted by Gasteiger charge is 2.32. The Morgan fingerprint density at radius 3 is 2.38 bits per heavy atom. The average Bonchev–Trinajstić information content (AvgIpc) is 2.03. The lowest BCUT2D eigenvalue weighted by atomic mass is 10.2. The van der Waals surface area contributed by atoms with Crippen LogP contribution < -0.4 is 4.74 Å². The fourth-order valence-corrected chi connectivity index (χ4v) is 0.875. The Hall–Kier alpha value is -1.26. The van der Waals surface area contributed by atoms with Crippen molar-refractivity contribution in [3.63, 3.8) is 0 Å². The lowest BCUT2D eigenvalue weighted by molar-refractivity contribution is -0.141. The molecule has 0 fully saturated rings. The lowest BCUT2D eigenvalue weighted by Gasteiger charge is -2.08. The van der Waals surface area contributed by atoms with Crippen LogP contribution in [0.1, 0.15) is 11.3 Å². The highest BCUT2D eigenvalue weighted by molar-refractivity contribution is 5.27. The summed E-state index contributed by atoms with van der Waals surface area (Å²) < 4.78 is 41.0. The van der Waals surface area contributed by atoms with E-state index in [1.165, 1.54) is 13.2 Å². The van der Waals surface area contributed by atoms with Crippen molar-refractivity contribution in [2.24, 2.45) is 0 Å². The van der Waals surface area contributed by atoms with Gasteiger partial charge in [0.05, 0.1) is 7.11 Å². The summed E-state index contributed by atoms with van der Waals surface area (Å²) in [6.45, 7) is 1.63. The molecular formula is C8H8F3NO. The molecule has 13 heavy (non-hydrogen) atoms. The van der Waals surface area contributed by atoms with E-state index in [-0.39, 0.29) is 5.88 Å². The predicted octanol–water partition coefficient (Wildman–Crippen LogP) is 2.42. The molecule has 1 aromatic heterocycles. The Morgan fingerprint density at radius 1 is 1.31 bits per heavy atom. The molecule has 0 aromatic carbocycles. The van der Waals surface area contributed by atoms with Crippen molar-refractivity contribution in [3.8, 4) is 5.88 Å². The molecule has 0 saturated heterocycles. The maximum absolute atomic E-state index is 12.1. The van der Waals surface area contributed by atoms with Gasteiger partial charge >= 0.3 is 6.18 Å². The maximum Gasteiger partial charge on any atom is 0.433 e. The van der Waals surface area contributed by atoms with Gasteiger partial charge in [-0.15, -0.1) is 0 Å². The number of halogens is 3. The molecule has 0 N–H and O–H groups in total. The minimum atomic E-state index is -4.42. The first-order valence-electron chi connectivity index (χ1n) is 3.54. The van der Waals surface area contributed by atoms with Gasteiger partial charge in [0.25, 0.3) is 0 Å². The highest BCUT2D eigenvalue weighted by Crippen LogP contribution is 2.29. The number of pyridine rings is 1. The Morgan fingerprint density at radius 2 is 1.92 bits per heavy atom. The van der Waals surface area contributed by atoms with Crippen LogP contribution in [0.3, 0.4) is 0 Å². The molecule has 0 radical (unpaired) electrons. The highest BCUT2D eigenvalue weighted by atomic mass is 19.4. The summed E-state index contributed by atoms with van der Waals surface area (Å²) in [5, 5.41) is 0. The van der Waals surface area contributed by atoms with Gasteiger partial charge in [-0.1, -0.05) is 6.07 Å². The van der Waals surface area contributed by atoms with Crippen molar-refractivity contribution in [1.29, 1.82) is 0 Å². The predicted molar refractivity (Wildman–Crippen MR) is 40.5 cm³/mol. The molecule has 0 aliphatic carbocycles. The zero-order valence-corrected chi connectivity index (χ0v) is 7.14. The molecule has 72 valence electrons. The molecule has 0 saturated carbocycles. The number of hydrogen-bond donors (Lipinski definition) is 0. The fraction of sp³-hybridized carbons (Fsp3) is 0.375. The average molecular weight is 191 g/mol. The van der Waals surface area contributed by atoms with E-state index < -0.39 is 11.9 Å². The van der Waals surface area contributed by atoms with E-state index in [1.54, 1.807) is 6.92 Å². The van der Waals surface area contributed by atoms with Crippen LogP contribution in [0.15, 0.2) is 12.1 Å². The van der Waals surface area contributed by atoms with Gasteiger partial charge in [0, 0.05) is 5.56 Å². The quantitative estimate of drug-likeness (QED) is 0.680. The van der Waals surface area contributed by atoms with Gasteiger partial charge in [0.1, 0.15) is 5.69 Å². The van der Waals surface area contributed by atoms with Gasteiger partial charge in [-0.05, 0) is 13.0 Å². The SMILES string of the molecule is COc1nc(C(F)(F)F)ccc1C. The van der Waals surface area contributed by atoms with Gasteiger partial charge in [0.2, 0.25) is 5.88 Å². The Balaban J connectivity index is 3.14. The molecule has 0 amide bonds. The minimum Gasteiger partial charge on any atom is -0.481 e. The normalized spacial score (nSPS) is 11.5. The first-order valence-corrected chi connectivity index (χ1v) is 3.54. The monoisotopic (exact) mass is 191 g/mol. The summed E-state index contributed by atoms with van der Waals surface area (Å²) in [6, 6.07) is 2.26. The van der Waals surface area contributed by atoms with Crippen LogP contribution in [0, 0.1) is 6.92 Å². The van der Waals surface area contributed by atoms with E-state index >= 15 is 0 Å². The minimum absolute atomic E-state index is 0.00910. The second kappa shape index (κ2) is 3.24. The third kappa shape index (κ3) is 2.11. The number of ether oxygens (including phenoxy) is 1. The summed E-state index contributed by atoms with van der Waals surface area (Å²) in [5.41, 5.74) is -0.356. The summed E-state index contributed by atoms with van der Waals surface area (Å²) >= 11 is 0. The smallest absolute Gasteiger partial charge is 0.433 e. The van der Waals surface area contributed by atoms with Crippen LogP contribution in [0.25, 0.3) is 0 Å². The zero-order chi connectivity index (χ0) is 10.1. The van der Waals surface area contributed by atoms with Crippen LogP contribution in [0.4, 0.5) is 13.2 Å². The zero-order valence-electron chi connectivity index (χ0n) is 7.14. The molecular weight excluding hydrogens is 183 g/mol. The first kappa shape index (κ1) is 9.83. The molecule has 0 spiro atoms. The number of alkyl halides is 3. The van der Waals surface area contributed by atoms with Crippen LogP contribution in [0.2, 0.25) is 0 Å². The van der Waals surface area contributed by atoms with E-state index in [2.05, 4.69) is 9.72 Å². The maximum atomic E-state index is 12.1. The van der Waals surface area contributed by atoms with Crippen LogP contribution in [-0.4, -0.2) is 12.1 Å². The molecule has 0 bridgehead atoms. The third-order valence-corrected chi connectivity index (χ3v) is 1.53. The largest absolute Gasteiger partial charge is 0.481 e. The summed E-state index contributed by atoms with van der Waals surface area (Å²) in [5.74, 6) is 0.00910. The molecule has 0 aliphatic heterocycles. The Bertz CT molecular complexity index is 309. The third-order valence-electron chi connectivity index (χ3n) is 1.53. The van der Waals surface area contributed by atoms with Crippen molar-refractivity contribution in [2.75, 3.05) is 7.11 Å². The Labute approximate surface area is 73.4 Å². The standard InChI is InChI=1S/C8H8F3NO/c1-5-3-4-6(8(9,10)11)12-7(5)13-2/h3-4H,1-2H3. The molecule has 0 atom stereocenters. The summed E-state index contributed by atoms with van der Waals surface area (Å²) in [4.78, 5) is 3.31. The summed E-state index contributed by atoms with van der Waals surface area (Å²) in [6.07, 6.45) is -4.42. The van der Waals surface area contributed by atoms with Crippen molar-refractivity contribution < 1.29 is 17.9 Å². The number of aromatic nitrogens is 1. The molecule has 0 unspecified atom stereocenters. The molecule has 0 aliphatic rings. The number of aryl methyl sites for hydroxylation is 1. The van der Waals surface area contributed by atoms with Gasteiger partial charge in [-0.3, -0.25) is 0 Å². The van der Waals surface area contributed by atoms with Gasteiger partial charge in [0.15, 0.2) is 0 Å². The van der Waals surface area contributed by atoms with Crippen LogP contribution in [-0.2, 0) is 6.18 Å². The molecule has 5 heteroatoms. The second-order valence-corrected chi connectivity index (χ2v) is 2.52. The van der Waals surface area contributed by atoms with Gasteiger partial charge in [-0.2, -0.15) is 13.2 Å². The fourth-order valence-electron chi connectivity index (χ4n) is 0.875. The summed E-state index contributed by atoms with van der Waals surface area (Å²) in [7, 11) is 1.29. The van der Waals surface area contributed by atoms with E-state index in [0.717, 1.165) is 6.07 Å². The van der Waals surface area contributed by atoms with Gasteiger partial charge < -0.3 is 4.74 Å². The number of hydrogen-bond acceptors (Lipinski definition) is 2. The second-order valence-electron chi connectivity index (χ2n) is 2.52. The first-order chi connectivity index (χ1) is 5.95. The molecule has 1 rings (SSSR count). The van der Waals surface area contributed by atoms with Crippen molar-refractivity contribution in [2.45, 2.75) is 13.1 Å². The van der Waals surface area contributed by atoms with Gasteiger partial charge in [-0.25, -0.2) is 4.98 Å². The molecule has 1 heterocycles. The number of methoxy groups -OCH3 is 1. The van der Waals surface area contributed by atoms with Crippen molar-refractivity contribution in [3.05, 3.63) is 23.4 Å². The van der Waals surface area contributed by atoms with E-state index in [1.807, 2.05) is 0 Å². The van der Waals surface area contributed by atoms with Crippen LogP contribution in [0.5, 0.6) is 5.88 Å². The van der Waals surface area contributed by atoms with E-state index in [0.29, 0.717) is 5.56 Å².